The zero-order valence-electron chi connectivity index (χ0n) is 18.5. The second kappa shape index (κ2) is 8.98. The number of para-hydroxylation sites is 1. The second-order valence-corrected chi connectivity index (χ2v) is 9.59. The van der Waals surface area contributed by atoms with Gasteiger partial charge in [-0.15, -0.1) is 0 Å². The molecule has 33 heavy (non-hydrogen) atoms. The van der Waals surface area contributed by atoms with E-state index in [9.17, 15) is 4.57 Å². The largest absolute Gasteiger partial charge is 0.647 e. The maximum Gasteiger partial charge on any atom is 0.647 e. The molecule has 9 heteroatoms. The number of hydrogen-bond donors (Lipinski definition) is 0. The molecule has 8 nitrogen and oxygen atoms in total. The van der Waals surface area contributed by atoms with Gasteiger partial charge in [-0.05, 0) is 62.6 Å². The number of fused-ring (bicyclic) bond motifs is 2. The molecule has 172 valence electrons. The summed E-state index contributed by atoms with van der Waals surface area (Å²) in [5.41, 5.74) is 1.86. The van der Waals surface area contributed by atoms with Crippen LogP contribution in [0.25, 0.3) is 0 Å². The van der Waals surface area contributed by atoms with Crippen molar-refractivity contribution in [2.45, 2.75) is 13.1 Å². The Kier molecular flexibility index (Phi) is 5.89. The minimum absolute atomic E-state index is 0.368. The van der Waals surface area contributed by atoms with Crippen molar-refractivity contribution < 1.29 is 27.6 Å². The van der Waals surface area contributed by atoms with Gasteiger partial charge in [-0.1, -0.05) is 18.2 Å². The smallest absolute Gasteiger partial charge is 0.478 e. The molecule has 2 heterocycles. The number of phosphoric ester groups is 1. The molecule has 0 radical (unpaired) electrons. The summed E-state index contributed by atoms with van der Waals surface area (Å²) in [6.45, 7) is 2.41. The van der Waals surface area contributed by atoms with Crippen LogP contribution in [0.2, 0.25) is 0 Å². The minimum atomic E-state index is -4.10. The van der Waals surface area contributed by atoms with Crippen molar-refractivity contribution in [3.8, 4) is 28.7 Å². The molecule has 2 aliphatic rings. The van der Waals surface area contributed by atoms with Crippen LogP contribution in [0, 0.1) is 0 Å². The average molecular weight is 468 g/mol. The number of ether oxygens (including phenoxy) is 2. The standard InChI is InChI=1S/C24H25N2O6P/c1-25-14-18-12-21(8-10-23(18)28-16-25)31-33(27,30-20-6-4-3-5-7-20)32-22-9-11-24-19(13-22)15-26(2)17-29-24/h3-13H,14-17H2,1-2H3. The highest BCUT2D eigenvalue weighted by Gasteiger charge is 2.34. The van der Waals surface area contributed by atoms with Crippen molar-refractivity contribution in [1.82, 2.24) is 9.80 Å². The fraction of sp³-hybridized carbons (Fsp3) is 0.250. The predicted molar refractivity (Wildman–Crippen MR) is 123 cm³/mol. The summed E-state index contributed by atoms with van der Waals surface area (Å²) in [5, 5.41) is 0. The van der Waals surface area contributed by atoms with Crippen LogP contribution in [0.1, 0.15) is 11.1 Å². The third kappa shape index (κ3) is 5.09. The lowest BCUT2D eigenvalue weighted by atomic mass is 10.1. The number of benzene rings is 3. The summed E-state index contributed by atoms with van der Waals surface area (Å²) in [5.74, 6) is 2.67. The highest BCUT2D eigenvalue weighted by atomic mass is 31.2. The normalized spacial score (nSPS) is 16.1. The number of nitrogens with zero attached hydrogens (tertiary/aromatic N) is 2. The zero-order valence-corrected chi connectivity index (χ0v) is 19.4. The summed E-state index contributed by atoms with van der Waals surface area (Å²) >= 11 is 0. The Bertz CT molecular complexity index is 1120. The van der Waals surface area contributed by atoms with Crippen molar-refractivity contribution >= 4 is 7.82 Å². The van der Waals surface area contributed by atoms with E-state index in [2.05, 4.69) is 0 Å². The third-order valence-electron chi connectivity index (χ3n) is 5.22. The molecule has 0 amide bonds. The van der Waals surface area contributed by atoms with Crippen molar-refractivity contribution in [1.29, 1.82) is 0 Å². The Morgan fingerprint density at radius 2 is 1.18 bits per heavy atom. The summed E-state index contributed by atoms with van der Waals surface area (Å²) in [7, 11) is -0.179. The van der Waals surface area contributed by atoms with Crippen molar-refractivity contribution in [3.05, 3.63) is 77.9 Å². The van der Waals surface area contributed by atoms with Gasteiger partial charge in [0.1, 0.15) is 42.2 Å². The first kappa shape index (κ1) is 21.6. The van der Waals surface area contributed by atoms with Crippen LogP contribution in [0.3, 0.4) is 0 Å². The highest BCUT2D eigenvalue weighted by molar-refractivity contribution is 7.49. The molecule has 0 saturated heterocycles. The van der Waals surface area contributed by atoms with Gasteiger partial charge in [0.15, 0.2) is 0 Å². The maximum atomic E-state index is 13.8. The Balaban J connectivity index is 1.43. The molecule has 5 rings (SSSR count). The summed E-state index contributed by atoms with van der Waals surface area (Å²) in [6, 6.07) is 19.4. The van der Waals surface area contributed by atoms with Crippen LogP contribution in [0.4, 0.5) is 0 Å². The van der Waals surface area contributed by atoms with E-state index in [1.807, 2.05) is 30.0 Å². The van der Waals surface area contributed by atoms with E-state index in [1.54, 1.807) is 60.7 Å². The molecule has 3 aromatic rings. The molecule has 3 aromatic carbocycles. The lowest BCUT2D eigenvalue weighted by Crippen LogP contribution is -2.28. The van der Waals surface area contributed by atoms with Crippen LogP contribution in [-0.2, 0) is 17.7 Å². The first-order valence-electron chi connectivity index (χ1n) is 10.6. The zero-order chi connectivity index (χ0) is 22.8. The van der Waals surface area contributed by atoms with Crippen molar-refractivity contribution in [2.24, 2.45) is 0 Å². The van der Waals surface area contributed by atoms with Gasteiger partial charge in [-0.2, -0.15) is 4.57 Å². The molecule has 0 unspecified atom stereocenters. The molecule has 0 spiro atoms. The number of phosphoric acid groups is 1. The SMILES string of the molecule is CN1COc2ccc(OP(=O)(Oc3ccccc3)Oc3ccc4c(c3)CN(C)CO4)cc2C1. The maximum absolute atomic E-state index is 13.8. The van der Waals surface area contributed by atoms with Gasteiger partial charge in [-0.25, -0.2) is 0 Å². The van der Waals surface area contributed by atoms with Crippen LogP contribution in [0.5, 0.6) is 28.7 Å². The Hall–Kier alpha value is -3.19. The lowest BCUT2D eigenvalue weighted by molar-refractivity contribution is 0.121. The van der Waals surface area contributed by atoms with Crippen LogP contribution in [0.15, 0.2) is 66.7 Å². The fourth-order valence-corrected chi connectivity index (χ4v) is 4.95. The predicted octanol–water partition coefficient (Wildman–Crippen LogP) is 4.89. The van der Waals surface area contributed by atoms with Gasteiger partial charge in [-0.3, -0.25) is 9.80 Å². The Labute approximate surface area is 192 Å². The minimum Gasteiger partial charge on any atom is -0.478 e. The van der Waals surface area contributed by atoms with Gasteiger partial charge in [0, 0.05) is 24.2 Å². The quantitative estimate of drug-likeness (QED) is 0.474. The molecule has 0 atom stereocenters. The summed E-state index contributed by atoms with van der Waals surface area (Å²) in [4.78, 5) is 4.05. The van der Waals surface area contributed by atoms with Crippen LogP contribution in [-0.4, -0.2) is 37.4 Å². The van der Waals surface area contributed by atoms with E-state index in [-0.39, 0.29) is 0 Å². The lowest BCUT2D eigenvalue weighted by Gasteiger charge is -2.27. The first-order valence-corrected chi connectivity index (χ1v) is 12.0. The molecule has 0 saturated carbocycles. The number of hydrogen-bond acceptors (Lipinski definition) is 8. The highest BCUT2D eigenvalue weighted by Crippen LogP contribution is 2.50. The Morgan fingerprint density at radius 3 is 1.70 bits per heavy atom. The third-order valence-corrected chi connectivity index (χ3v) is 6.52. The van der Waals surface area contributed by atoms with Gasteiger partial charge >= 0.3 is 7.82 Å². The van der Waals surface area contributed by atoms with E-state index in [1.165, 1.54) is 0 Å². The fourth-order valence-electron chi connectivity index (χ4n) is 3.71. The summed E-state index contributed by atoms with van der Waals surface area (Å²) < 4.78 is 42.7. The second-order valence-electron chi connectivity index (χ2n) is 8.15. The molecule has 0 aliphatic carbocycles. The van der Waals surface area contributed by atoms with E-state index < -0.39 is 7.82 Å². The van der Waals surface area contributed by atoms with Gasteiger partial charge in [0.05, 0.1) is 0 Å². The van der Waals surface area contributed by atoms with Crippen molar-refractivity contribution in [3.63, 3.8) is 0 Å². The average Bonchev–Trinajstić information content (AvgIpc) is 2.79. The van der Waals surface area contributed by atoms with Crippen LogP contribution < -0.4 is 23.0 Å². The topological polar surface area (TPSA) is 69.7 Å². The van der Waals surface area contributed by atoms with E-state index in [4.69, 9.17) is 23.0 Å². The molecule has 0 fully saturated rings. The summed E-state index contributed by atoms with van der Waals surface area (Å²) in [6.07, 6.45) is 0. The molecular formula is C24H25N2O6P. The van der Waals surface area contributed by atoms with E-state index in [0.717, 1.165) is 22.6 Å². The van der Waals surface area contributed by atoms with E-state index >= 15 is 0 Å². The van der Waals surface area contributed by atoms with Crippen molar-refractivity contribution in [2.75, 3.05) is 27.6 Å². The molecule has 0 bridgehead atoms. The number of rotatable bonds is 6. The van der Waals surface area contributed by atoms with Gasteiger partial charge < -0.3 is 23.0 Å². The monoisotopic (exact) mass is 468 g/mol. The molecule has 0 aromatic heterocycles. The van der Waals surface area contributed by atoms with Gasteiger partial charge in [0.2, 0.25) is 0 Å². The first-order chi connectivity index (χ1) is 16.0. The van der Waals surface area contributed by atoms with Crippen LogP contribution >= 0.6 is 7.82 Å². The molecule has 0 N–H and O–H groups in total. The van der Waals surface area contributed by atoms with Gasteiger partial charge in [0.25, 0.3) is 0 Å². The molecular weight excluding hydrogens is 443 g/mol. The van der Waals surface area contributed by atoms with E-state index in [0.29, 0.717) is 43.8 Å². The molecule has 2 aliphatic heterocycles. The Morgan fingerprint density at radius 1 is 0.697 bits per heavy atom.